The Morgan fingerprint density at radius 1 is 0.477 bits per heavy atom. The van der Waals surface area contributed by atoms with E-state index in [1.54, 1.807) is 0 Å². The summed E-state index contributed by atoms with van der Waals surface area (Å²) in [7, 11) is 0. The Morgan fingerprint density at radius 2 is 0.818 bits per heavy atom. The summed E-state index contributed by atoms with van der Waals surface area (Å²) < 4.78 is 11.0. The first kappa shape index (κ1) is 31.6. The number of ether oxygens (including phenoxy) is 2. The van der Waals surface area contributed by atoms with Gasteiger partial charge in [0.15, 0.2) is 0 Å². The van der Waals surface area contributed by atoms with Crippen LogP contribution in [-0.4, -0.2) is 62.4 Å². The minimum absolute atomic E-state index is 0.311. The zero-order valence-corrected chi connectivity index (χ0v) is 26.2. The summed E-state index contributed by atoms with van der Waals surface area (Å²) in [4.78, 5) is 4.98. The van der Waals surface area contributed by atoms with Crippen molar-refractivity contribution >= 4 is 12.2 Å². The summed E-state index contributed by atoms with van der Waals surface area (Å²) in [6, 6.07) is 39.4. The molecule has 2 aliphatic rings. The molecular weight excluding hydrogens is 540 g/mol. The average molecular weight is 587 g/mol. The quantitative estimate of drug-likeness (QED) is 0.208. The fraction of sp³-hybridized carbons (Fsp3) is 0.300. The molecule has 44 heavy (non-hydrogen) atoms. The number of rotatable bonds is 8. The Bertz CT molecular complexity index is 1310. The largest absolute Gasteiger partial charge is 0.379 e. The van der Waals surface area contributed by atoms with Crippen molar-refractivity contribution in [2.45, 2.75) is 25.9 Å². The predicted molar refractivity (Wildman–Crippen MR) is 184 cm³/mol. The molecule has 0 amide bonds. The minimum Gasteiger partial charge on any atom is -0.379 e. The van der Waals surface area contributed by atoms with E-state index in [1.165, 1.54) is 33.4 Å². The van der Waals surface area contributed by atoms with E-state index < -0.39 is 0 Å². The maximum Gasteiger partial charge on any atom is 0.0594 e. The molecule has 4 aromatic rings. The zero-order chi connectivity index (χ0) is 30.4. The Kier molecular flexibility index (Phi) is 12.1. The van der Waals surface area contributed by atoms with Crippen LogP contribution in [0.5, 0.6) is 0 Å². The monoisotopic (exact) mass is 586 g/mol. The zero-order valence-electron chi connectivity index (χ0n) is 26.2. The van der Waals surface area contributed by atoms with E-state index in [4.69, 9.17) is 9.47 Å². The van der Waals surface area contributed by atoms with Gasteiger partial charge in [0.1, 0.15) is 0 Å². The average Bonchev–Trinajstić information content (AvgIpc) is 3.09. The molecule has 4 aromatic carbocycles. The van der Waals surface area contributed by atoms with Crippen LogP contribution in [-0.2, 0) is 9.47 Å². The van der Waals surface area contributed by atoms with E-state index in [9.17, 15) is 0 Å². The molecule has 2 heterocycles. The van der Waals surface area contributed by atoms with Gasteiger partial charge in [-0.2, -0.15) is 0 Å². The van der Waals surface area contributed by atoms with Gasteiger partial charge < -0.3 is 9.47 Å². The van der Waals surface area contributed by atoms with E-state index in [0.29, 0.717) is 12.1 Å². The highest BCUT2D eigenvalue weighted by atomic mass is 16.5. The molecule has 4 heteroatoms. The van der Waals surface area contributed by atoms with Crippen LogP contribution >= 0.6 is 0 Å². The molecule has 0 spiro atoms. The van der Waals surface area contributed by atoms with Crippen molar-refractivity contribution < 1.29 is 9.47 Å². The van der Waals surface area contributed by atoms with E-state index in [1.807, 2.05) is 0 Å². The Labute approximate surface area is 264 Å². The molecule has 2 atom stereocenters. The lowest BCUT2D eigenvalue weighted by molar-refractivity contribution is 0.0254. The fourth-order valence-corrected chi connectivity index (χ4v) is 5.66. The smallest absolute Gasteiger partial charge is 0.0594 e. The van der Waals surface area contributed by atoms with Gasteiger partial charge in [-0.3, -0.25) is 9.80 Å². The van der Waals surface area contributed by atoms with E-state index >= 15 is 0 Å². The summed E-state index contributed by atoms with van der Waals surface area (Å²) in [5, 5.41) is 0. The summed E-state index contributed by atoms with van der Waals surface area (Å²) in [6.45, 7) is 11.5. The number of nitrogens with zero attached hydrogens (tertiary/aromatic N) is 2. The summed E-state index contributed by atoms with van der Waals surface area (Å²) in [5.74, 6) is 0. The maximum absolute atomic E-state index is 5.50. The third kappa shape index (κ3) is 9.60. The lowest BCUT2D eigenvalue weighted by Crippen LogP contribution is -2.38. The van der Waals surface area contributed by atoms with Crippen LogP contribution in [0.1, 0.15) is 45.5 Å². The third-order valence-corrected chi connectivity index (χ3v) is 8.26. The normalized spacial score (nSPS) is 17.7. The lowest BCUT2D eigenvalue weighted by Gasteiger charge is -2.33. The van der Waals surface area contributed by atoms with Crippen molar-refractivity contribution in [3.63, 3.8) is 0 Å². The van der Waals surface area contributed by atoms with Gasteiger partial charge in [0.25, 0.3) is 0 Å². The third-order valence-electron chi connectivity index (χ3n) is 8.26. The molecule has 0 aromatic heterocycles. The first-order chi connectivity index (χ1) is 21.7. The Hall–Kier alpha value is -3.80. The predicted octanol–water partition coefficient (Wildman–Crippen LogP) is 8.16. The molecule has 6 rings (SSSR count). The second kappa shape index (κ2) is 16.9. The van der Waals surface area contributed by atoms with Crippen LogP contribution in [0.25, 0.3) is 12.2 Å². The van der Waals surface area contributed by atoms with Crippen LogP contribution in [0.4, 0.5) is 0 Å². The van der Waals surface area contributed by atoms with Gasteiger partial charge in [0.2, 0.25) is 0 Å². The fourth-order valence-electron chi connectivity index (χ4n) is 5.66. The van der Waals surface area contributed by atoms with Crippen LogP contribution in [0.3, 0.4) is 0 Å². The van der Waals surface area contributed by atoms with Crippen LogP contribution in [0, 0.1) is 13.8 Å². The number of aryl methyl sites for hydroxylation is 2. The van der Waals surface area contributed by atoms with Gasteiger partial charge in [0, 0.05) is 26.2 Å². The van der Waals surface area contributed by atoms with E-state index in [2.05, 4.69) is 157 Å². The second-order valence-electron chi connectivity index (χ2n) is 11.5. The first-order valence-corrected chi connectivity index (χ1v) is 15.9. The summed E-state index contributed by atoms with van der Waals surface area (Å²) in [5.41, 5.74) is 7.77. The molecule has 2 unspecified atom stereocenters. The number of benzene rings is 4. The van der Waals surface area contributed by atoms with Crippen LogP contribution in [0.2, 0.25) is 0 Å². The van der Waals surface area contributed by atoms with E-state index in [-0.39, 0.29) is 0 Å². The summed E-state index contributed by atoms with van der Waals surface area (Å²) in [6.07, 6.45) is 9.08. The SMILES string of the molecule is Cc1ccc(/C=C/C(c2ccccc2)N2CCOCC2)cc1.Cc1ccc(/C=C\C(c2ccccc2)N2CCOCC2)cc1. The molecule has 0 radical (unpaired) electrons. The van der Waals surface area contributed by atoms with Crippen molar-refractivity contribution in [1.82, 2.24) is 9.80 Å². The highest BCUT2D eigenvalue weighted by Crippen LogP contribution is 2.25. The molecule has 2 aliphatic heterocycles. The van der Waals surface area contributed by atoms with Gasteiger partial charge in [-0.1, -0.05) is 145 Å². The molecule has 2 fully saturated rings. The highest BCUT2D eigenvalue weighted by Gasteiger charge is 2.21. The van der Waals surface area contributed by atoms with Gasteiger partial charge in [-0.15, -0.1) is 0 Å². The van der Waals surface area contributed by atoms with Crippen molar-refractivity contribution in [3.8, 4) is 0 Å². The molecule has 4 nitrogen and oxygen atoms in total. The standard InChI is InChI=1S/2C20H23NO/c2*1-17-7-9-18(10-8-17)11-12-20(19-5-3-2-4-6-19)21-13-15-22-16-14-21/h2*2-12,20H,13-16H2,1H3/b12-11+;12-11-. The Morgan fingerprint density at radius 3 is 1.16 bits per heavy atom. The first-order valence-electron chi connectivity index (χ1n) is 15.9. The topological polar surface area (TPSA) is 24.9 Å². The number of hydrogen-bond donors (Lipinski definition) is 0. The number of morpholine rings is 2. The van der Waals surface area contributed by atoms with Crippen LogP contribution < -0.4 is 0 Å². The molecule has 0 aliphatic carbocycles. The van der Waals surface area contributed by atoms with Crippen LogP contribution in [0.15, 0.2) is 121 Å². The number of hydrogen-bond acceptors (Lipinski definition) is 4. The van der Waals surface area contributed by atoms with Gasteiger partial charge in [-0.25, -0.2) is 0 Å². The lowest BCUT2D eigenvalue weighted by atomic mass is 10.0. The molecule has 0 bridgehead atoms. The molecular formula is C40H46N2O2. The second-order valence-corrected chi connectivity index (χ2v) is 11.5. The van der Waals surface area contributed by atoms with Crippen molar-refractivity contribution in [2.75, 3.05) is 52.6 Å². The maximum atomic E-state index is 5.50. The van der Waals surface area contributed by atoms with Gasteiger partial charge in [0.05, 0.1) is 38.5 Å². The van der Waals surface area contributed by atoms with Gasteiger partial charge in [-0.05, 0) is 36.1 Å². The van der Waals surface area contributed by atoms with Gasteiger partial charge >= 0.3 is 0 Å². The molecule has 2 saturated heterocycles. The van der Waals surface area contributed by atoms with Crippen molar-refractivity contribution in [1.29, 1.82) is 0 Å². The summed E-state index contributed by atoms with van der Waals surface area (Å²) >= 11 is 0. The molecule has 0 saturated carbocycles. The van der Waals surface area contributed by atoms with Crippen molar-refractivity contribution in [2.24, 2.45) is 0 Å². The Balaban J connectivity index is 0.000000175. The molecule has 228 valence electrons. The minimum atomic E-state index is 0.311. The highest BCUT2D eigenvalue weighted by molar-refractivity contribution is 5.52. The van der Waals surface area contributed by atoms with Crippen molar-refractivity contribution in [3.05, 3.63) is 155 Å². The van der Waals surface area contributed by atoms with E-state index in [0.717, 1.165) is 52.6 Å². The molecule has 0 N–H and O–H groups in total.